The predicted octanol–water partition coefficient (Wildman–Crippen LogP) is 3.84. The third-order valence-electron chi connectivity index (χ3n) is 2.00. The number of benzene rings is 1. The average molecular weight is 255 g/mol. The molecule has 1 N–H and O–H groups in total. The lowest BCUT2D eigenvalue weighted by molar-refractivity contribution is 0.181. The normalized spacial score (nSPS) is 12.3. The summed E-state index contributed by atoms with van der Waals surface area (Å²) >= 11 is 3.36. The highest BCUT2D eigenvalue weighted by molar-refractivity contribution is 9.10. The Kier molecular flexibility index (Phi) is 4.36. The summed E-state index contributed by atoms with van der Waals surface area (Å²) in [5.41, 5.74) is 2.20. The molecule has 0 aliphatic heterocycles. The van der Waals surface area contributed by atoms with Gasteiger partial charge in [0.25, 0.3) is 0 Å². The van der Waals surface area contributed by atoms with Crippen LogP contribution in [0.5, 0.6) is 0 Å². The van der Waals surface area contributed by atoms with Crippen LogP contribution in [0.2, 0.25) is 0 Å². The largest absolute Gasteiger partial charge is 0.388 e. The Balaban J connectivity index is 2.65. The van der Waals surface area contributed by atoms with Crippen LogP contribution in [0.25, 0.3) is 0 Å². The number of aliphatic hydroxyl groups is 1. The first-order chi connectivity index (χ1) is 6.59. The number of halogens is 1. The smallest absolute Gasteiger partial charge is 0.0824 e. The van der Waals surface area contributed by atoms with E-state index in [0.717, 1.165) is 10.0 Å². The molecule has 0 fully saturated rings. The van der Waals surface area contributed by atoms with Crippen LogP contribution in [0.15, 0.2) is 40.4 Å². The zero-order valence-electron chi connectivity index (χ0n) is 8.50. The maximum absolute atomic E-state index is 9.80. The van der Waals surface area contributed by atoms with Crippen molar-refractivity contribution < 1.29 is 5.11 Å². The predicted molar refractivity (Wildman–Crippen MR) is 63.1 cm³/mol. The van der Waals surface area contributed by atoms with Gasteiger partial charge < -0.3 is 5.11 Å². The van der Waals surface area contributed by atoms with Gasteiger partial charge in [0.2, 0.25) is 0 Å². The quantitative estimate of drug-likeness (QED) is 0.813. The Morgan fingerprint density at radius 3 is 2.43 bits per heavy atom. The number of allylic oxidation sites excluding steroid dienone is 1. The highest BCUT2D eigenvalue weighted by atomic mass is 79.9. The Bertz CT molecular complexity index is 310. The molecule has 2 heteroatoms. The number of hydrogen-bond acceptors (Lipinski definition) is 1. The van der Waals surface area contributed by atoms with Gasteiger partial charge in [0.05, 0.1) is 6.10 Å². The van der Waals surface area contributed by atoms with Crippen LogP contribution >= 0.6 is 15.9 Å². The summed E-state index contributed by atoms with van der Waals surface area (Å²) in [7, 11) is 0. The maximum Gasteiger partial charge on any atom is 0.0824 e. The Hall–Kier alpha value is -0.600. The molecule has 0 radical (unpaired) electrons. The van der Waals surface area contributed by atoms with E-state index in [0.29, 0.717) is 6.42 Å². The van der Waals surface area contributed by atoms with Gasteiger partial charge in [-0.05, 0) is 38.0 Å². The lowest BCUT2D eigenvalue weighted by Crippen LogP contribution is -1.95. The Morgan fingerprint density at radius 2 is 1.93 bits per heavy atom. The summed E-state index contributed by atoms with van der Waals surface area (Å²) in [6.07, 6.45) is 2.34. The lowest BCUT2D eigenvalue weighted by Gasteiger charge is -2.08. The van der Waals surface area contributed by atoms with Crippen LogP contribution in [-0.2, 0) is 0 Å². The maximum atomic E-state index is 9.80. The molecule has 0 aliphatic rings. The minimum atomic E-state index is -0.391. The van der Waals surface area contributed by atoms with Crippen molar-refractivity contribution in [2.45, 2.75) is 26.4 Å². The van der Waals surface area contributed by atoms with Crippen molar-refractivity contribution in [2.24, 2.45) is 0 Å². The van der Waals surface area contributed by atoms with Crippen LogP contribution < -0.4 is 0 Å². The van der Waals surface area contributed by atoms with Crippen molar-refractivity contribution in [2.75, 3.05) is 0 Å². The molecule has 0 aliphatic carbocycles. The third-order valence-corrected chi connectivity index (χ3v) is 2.53. The van der Waals surface area contributed by atoms with Gasteiger partial charge in [-0.2, -0.15) is 0 Å². The van der Waals surface area contributed by atoms with E-state index in [1.165, 1.54) is 5.57 Å². The summed E-state index contributed by atoms with van der Waals surface area (Å²) in [6.45, 7) is 4.07. The molecule has 14 heavy (non-hydrogen) atoms. The Labute approximate surface area is 93.6 Å². The molecule has 0 spiro atoms. The molecule has 1 nitrogen and oxygen atoms in total. The number of aliphatic hydroxyl groups excluding tert-OH is 1. The second-order valence-corrected chi connectivity index (χ2v) is 4.50. The Morgan fingerprint density at radius 1 is 1.36 bits per heavy atom. The van der Waals surface area contributed by atoms with Gasteiger partial charge in [0.15, 0.2) is 0 Å². The molecule has 0 saturated carbocycles. The molecular weight excluding hydrogens is 240 g/mol. The molecule has 0 saturated heterocycles. The van der Waals surface area contributed by atoms with Crippen molar-refractivity contribution >= 4 is 15.9 Å². The van der Waals surface area contributed by atoms with E-state index in [9.17, 15) is 5.11 Å². The molecule has 1 aromatic carbocycles. The van der Waals surface area contributed by atoms with Crippen molar-refractivity contribution in [3.63, 3.8) is 0 Å². The van der Waals surface area contributed by atoms with Crippen LogP contribution in [0.4, 0.5) is 0 Å². The number of rotatable bonds is 3. The zero-order chi connectivity index (χ0) is 10.6. The van der Waals surface area contributed by atoms with E-state index >= 15 is 0 Å². The van der Waals surface area contributed by atoms with E-state index in [-0.39, 0.29) is 0 Å². The van der Waals surface area contributed by atoms with Crippen molar-refractivity contribution in [3.05, 3.63) is 46.0 Å². The van der Waals surface area contributed by atoms with Gasteiger partial charge in [-0.1, -0.05) is 39.7 Å². The second kappa shape index (κ2) is 5.32. The van der Waals surface area contributed by atoms with Gasteiger partial charge in [-0.15, -0.1) is 0 Å². The molecular formula is C12H15BrO. The van der Waals surface area contributed by atoms with Gasteiger partial charge in [-0.3, -0.25) is 0 Å². The van der Waals surface area contributed by atoms with Crippen molar-refractivity contribution in [1.82, 2.24) is 0 Å². The summed E-state index contributed by atoms with van der Waals surface area (Å²) in [5.74, 6) is 0. The molecule has 0 heterocycles. The minimum absolute atomic E-state index is 0.391. The van der Waals surface area contributed by atoms with Crippen LogP contribution in [-0.4, -0.2) is 5.11 Å². The van der Waals surface area contributed by atoms with Gasteiger partial charge >= 0.3 is 0 Å². The molecule has 1 rings (SSSR count). The zero-order valence-corrected chi connectivity index (χ0v) is 10.1. The monoisotopic (exact) mass is 254 g/mol. The fourth-order valence-corrected chi connectivity index (χ4v) is 1.43. The van der Waals surface area contributed by atoms with E-state index < -0.39 is 6.10 Å². The summed E-state index contributed by atoms with van der Waals surface area (Å²) in [5, 5.41) is 9.80. The molecule has 0 amide bonds. The average Bonchev–Trinajstić information content (AvgIpc) is 2.15. The third kappa shape index (κ3) is 3.64. The van der Waals surface area contributed by atoms with E-state index in [2.05, 4.69) is 15.9 Å². The first-order valence-corrected chi connectivity index (χ1v) is 5.46. The van der Waals surface area contributed by atoms with Crippen LogP contribution in [0.3, 0.4) is 0 Å². The molecule has 1 atom stereocenters. The summed E-state index contributed by atoms with van der Waals surface area (Å²) in [6, 6.07) is 7.77. The lowest BCUT2D eigenvalue weighted by atomic mass is 10.1. The van der Waals surface area contributed by atoms with Gasteiger partial charge in [-0.25, -0.2) is 0 Å². The fourth-order valence-electron chi connectivity index (χ4n) is 1.17. The standard InChI is InChI=1S/C12H15BrO/c1-9(2)3-8-12(14)10-4-6-11(13)7-5-10/h3-7,12,14H,8H2,1-2H3. The summed E-state index contributed by atoms with van der Waals surface area (Å²) in [4.78, 5) is 0. The molecule has 0 bridgehead atoms. The van der Waals surface area contributed by atoms with Crippen molar-refractivity contribution in [3.8, 4) is 0 Å². The number of hydrogen-bond donors (Lipinski definition) is 1. The molecule has 1 aromatic rings. The van der Waals surface area contributed by atoms with Crippen LogP contribution in [0.1, 0.15) is 31.9 Å². The first-order valence-electron chi connectivity index (χ1n) is 4.66. The first kappa shape index (κ1) is 11.5. The SMILES string of the molecule is CC(C)=CCC(O)c1ccc(Br)cc1. The molecule has 0 aromatic heterocycles. The van der Waals surface area contributed by atoms with Gasteiger partial charge in [0, 0.05) is 4.47 Å². The van der Waals surface area contributed by atoms with E-state index in [4.69, 9.17) is 0 Å². The molecule has 76 valence electrons. The second-order valence-electron chi connectivity index (χ2n) is 3.58. The summed E-state index contributed by atoms with van der Waals surface area (Å²) < 4.78 is 1.04. The van der Waals surface area contributed by atoms with E-state index in [1.54, 1.807) is 0 Å². The minimum Gasteiger partial charge on any atom is -0.388 e. The van der Waals surface area contributed by atoms with Gasteiger partial charge in [0.1, 0.15) is 0 Å². The highest BCUT2D eigenvalue weighted by Gasteiger charge is 2.04. The topological polar surface area (TPSA) is 20.2 Å². The van der Waals surface area contributed by atoms with Crippen LogP contribution in [0, 0.1) is 0 Å². The van der Waals surface area contributed by atoms with Crippen molar-refractivity contribution in [1.29, 1.82) is 0 Å². The molecule has 1 unspecified atom stereocenters. The van der Waals surface area contributed by atoms with E-state index in [1.807, 2.05) is 44.2 Å². The fraction of sp³-hybridized carbons (Fsp3) is 0.333. The highest BCUT2D eigenvalue weighted by Crippen LogP contribution is 2.20.